The molecule has 7 heteroatoms. The van der Waals surface area contributed by atoms with Crippen molar-refractivity contribution in [3.8, 4) is 0 Å². The fourth-order valence-electron chi connectivity index (χ4n) is 0. The Labute approximate surface area is 102 Å². The Morgan fingerprint density at radius 2 is 0.846 bits per heavy atom. The van der Waals surface area contributed by atoms with Crippen LogP contribution in [0.1, 0.15) is 1.43 Å². The molecule has 3 nitrogen and oxygen atoms in total. The van der Waals surface area contributed by atoms with Gasteiger partial charge in [-0.25, -0.2) is 8.15 Å². The Morgan fingerprint density at radius 1 is 0.846 bits per heavy atom. The van der Waals surface area contributed by atoms with Crippen LogP contribution >= 0.6 is 24.4 Å². The van der Waals surface area contributed by atoms with Gasteiger partial charge in [-0.3, -0.25) is 0 Å². The van der Waals surface area contributed by atoms with Gasteiger partial charge < -0.3 is 14.7 Å². The molecule has 0 aliphatic carbocycles. The average Bonchev–Trinajstić information content (AvgIpc) is 1.54. The van der Waals surface area contributed by atoms with Crippen molar-refractivity contribution in [3.05, 3.63) is 0 Å². The number of rotatable bonds is 0. The van der Waals surface area contributed by atoms with E-state index in [0.29, 0.717) is 0 Å². The normalized spacial score (nSPS) is 8.31. The van der Waals surface area contributed by atoms with Gasteiger partial charge in [-0.15, -0.1) is 0 Å². The molecule has 0 spiro atoms. The summed E-state index contributed by atoms with van der Waals surface area (Å²) in [4.78, 5) is 25.8. The molecule has 0 bridgehead atoms. The first-order chi connectivity index (χ1) is 5.20. The quantitative estimate of drug-likeness (QED) is 0.573. The molecule has 0 atom stereocenters. The van der Waals surface area contributed by atoms with Gasteiger partial charge in [0, 0.05) is 38.8 Å². The fourth-order valence-corrected chi connectivity index (χ4v) is 0. The maximum atomic E-state index is 9.59. The van der Waals surface area contributed by atoms with Gasteiger partial charge in [0.1, 0.15) is 0 Å². The summed E-state index contributed by atoms with van der Waals surface area (Å²) in [6, 6.07) is 0. The second-order valence-electron chi connectivity index (χ2n) is 2.51. The molecular weight excluding hydrogens is 408 g/mol. The van der Waals surface area contributed by atoms with E-state index < -0.39 is 24.4 Å². The summed E-state index contributed by atoms with van der Waals surface area (Å²) in [5, 5.41) is 0. The molecule has 0 aliphatic rings. The van der Waals surface area contributed by atoms with Crippen molar-refractivity contribution in [1.82, 2.24) is 0 Å². The molecule has 0 aromatic carbocycles. The van der Waals surface area contributed by atoms with E-state index >= 15 is 0 Å². The van der Waals surface area contributed by atoms with Gasteiger partial charge in [0.2, 0.25) is 0 Å². The molecule has 0 saturated heterocycles. The van der Waals surface area contributed by atoms with E-state index in [1.165, 1.54) is 0 Å². The molecule has 0 saturated carbocycles. The van der Waals surface area contributed by atoms with E-state index in [4.69, 9.17) is 9.79 Å². The van der Waals surface area contributed by atoms with Crippen LogP contribution < -0.4 is 4.89 Å². The second kappa shape index (κ2) is 19.4. The monoisotopic (exact) mass is 430 g/mol. The predicted octanol–water partition coefficient (Wildman–Crippen LogP) is 1.52. The molecule has 0 radical (unpaired) electrons. The van der Waals surface area contributed by atoms with E-state index in [-0.39, 0.29) is 22.5 Å². The zero-order valence-electron chi connectivity index (χ0n) is 8.96. The molecule has 0 heterocycles. The SMILES string of the molecule is CP(C)O.CP(C)O.CP(C)[O-].[HH].[Pt]. The minimum atomic E-state index is -0.870. The number of hydrogen-bond donors (Lipinski definition) is 2. The van der Waals surface area contributed by atoms with Crippen molar-refractivity contribution < 1.29 is 37.2 Å². The van der Waals surface area contributed by atoms with Gasteiger partial charge >= 0.3 is 0 Å². The Hall–Kier alpha value is 1.86. The summed E-state index contributed by atoms with van der Waals surface area (Å²) in [5.74, 6) is 0. The van der Waals surface area contributed by atoms with Gasteiger partial charge in [0.05, 0.1) is 0 Å². The first kappa shape index (κ1) is 24.2. The zero-order valence-corrected chi connectivity index (χ0v) is 13.9. The van der Waals surface area contributed by atoms with Crippen molar-refractivity contribution in [3.63, 3.8) is 0 Å². The van der Waals surface area contributed by atoms with Crippen LogP contribution in [0, 0.1) is 0 Å². The van der Waals surface area contributed by atoms with E-state index in [0.717, 1.165) is 0 Å². The topological polar surface area (TPSA) is 63.5 Å². The third-order valence-corrected chi connectivity index (χ3v) is 0. The maximum Gasteiger partial charge on any atom is 0.0187 e. The molecule has 0 rings (SSSR count). The minimum Gasteiger partial charge on any atom is -0.830 e. The third-order valence-electron chi connectivity index (χ3n) is 0. The molecule has 0 unspecified atom stereocenters. The molecule has 0 amide bonds. The predicted molar refractivity (Wildman–Crippen MR) is 62.9 cm³/mol. The van der Waals surface area contributed by atoms with Crippen molar-refractivity contribution in [2.24, 2.45) is 0 Å². The maximum absolute atomic E-state index is 9.59. The molecule has 0 aromatic heterocycles. The van der Waals surface area contributed by atoms with Crippen LogP contribution in [-0.2, 0) is 21.1 Å². The molecule has 13 heavy (non-hydrogen) atoms. The Balaban J connectivity index is -0.0000000270. The standard InChI is InChI=1S/2C2H7OP.C2H6OP.Pt.H2/c3*1-4(2)3;;/h2*3H,1-2H3;1-2H3;;1H/q;;-1;;. The smallest absolute Gasteiger partial charge is 0.0187 e. The summed E-state index contributed by atoms with van der Waals surface area (Å²) in [7, 11) is -2.11. The Bertz CT molecular complexity index is 56.8. The molecule has 90 valence electrons. The van der Waals surface area contributed by atoms with Crippen molar-refractivity contribution in [2.75, 3.05) is 40.0 Å². The molecule has 0 fully saturated rings. The number of hydrogen-bond acceptors (Lipinski definition) is 3. The average molecular weight is 430 g/mol. The van der Waals surface area contributed by atoms with E-state index in [9.17, 15) is 4.89 Å². The minimum absolute atomic E-state index is 0. The van der Waals surface area contributed by atoms with Crippen LogP contribution in [0.5, 0.6) is 0 Å². The summed E-state index contributed by atoms with van der Waals surface area (Å²) < 4.78 is 0. The largest absolute Gasteiger partial charge is 0.830 e. The first-order valence-corrected chi connectivity index (χ1v) is 9.80. The summed E-state index contributed by atoms with van der Waals surface area (Å²) in [5.41, 5.74) is 0. The van der Waals surface area contributed by atoms with Crippen LogP contribution in [0.2, 0.25) is 0 Å². The molecule has 2 N–H and O–H groups in total. The van der Waals surface area contributed by atoms with Crippen molar-refractivity contribution in [2.45, 2.75) is 0 Å². The van der Waals surface area contributed by atoms with E-state index in [1.807, 2.05) is 0 Å². The summed E-state index contributed by atoms with van der Waals surface area (Å²) in [6.07, 6.45) is 0. The molecular formula is C6H22O3P3Pt-. The van der Waals surface area contributed by atoms with Crippen LogP contribution in [-0.4, -0.2) is 49.8 Å². The molecule has 0 aliphatic heterocycles. The van der Waals surface area contributed by atoms with E-state index in [1.54, 1.807) is 40.0 Å². The third kappa shape index (κ3) is 564. The van der Waals surface area contributed by atoms with Gasteiger partial charge in [-0.05, 0) is 26.7 Å². The van der Waals surface area contributed by atoms with Crippen LogP contribution in [0.15, 0.2) is 0 Å². The van der Waals surface area contributed by atoms with Gasteiger partial charge in [-0.1, -0.05) is 13.3 Å². The van der Waals surface area contributed by atoms with Crippen molar-refractivity contribution >= 4 is 24.4 Å². The van der Waals surface area contributed by atoms with Crippen LogP contribution in [0.3, 0.4) is 0 Å². The summed E-state index contributed by atoms with van der Waals surface area (Å²) >= 11 is 0. The summed E-state index contributed by atoms with van der Waals surface area (Å²) in [6.45, 7) is 10.5. The first-order valence-electron chi connectivity index (χ1n) is 3.27. The fraction of sp³-hybridized carbons (Fsp3) is 1.00. The van der Waals surface area contributed by atoms with Gasteiger partial charge in [-0.2, -0.15) is 0 Å². The van der Waals surface area contributed by atoms with Crippen LogP contribution in [0.4, 0.5) is 0 Å². The van der Waals surface area contributed by atoms with Crippen LogP contribution in [0.25, 0.3) is 0 Å². The van der Waals surface area contributed by atoms with Gasteiger partial charge in [0.15, 0.2) is 0 Å². The van der Waals surface area contributed by atoms with Gasteiger partial charge in [0.25, 0.3) is 0 Å². The Kier molecular flexibility index (Phi) is 36.2. The molecule has 0 aromatic rings. The Morgan fingerprint density at radius 3 is 0.846 bits per heavy atom. The van der Waals surface area contributed by atoms with E-state index in [2.05, 4.69) is 0 Å². The zero-order chi connectivity index (χ0) is 10.7. The van der Waals surface area contributed by atoms with Crippen molar-refractivity contribution in [1.29, 1.82) is 0 Å². The second-order valence-corrected chi connectivity index (χ2v) is 7.52.